The van der Waals surface area contributed by atoms with Gasteiger partial charge in [-0.3, -0.25) is 9.69 Å². The number of allylic oxidation sites excluding steroid dienone is 1. The van der Waals surface area contributed by atoms with Crippen molar-refractivity contribution in [2.45, 2.75) is 26.6 Å². The van der Waals surface area contributed by atoms with Crippen LogP contribution in [-0.2, 0) is 12.7 Å². The summed E-state index contributed by atoms with van der Waals surface area (Å²) < 4.78 is 42.0. The fraction of sp³-hybridized carbons (Fsp3) is 0.303. The van der Waals surface area contributed by atoms with Gasteiger partial charge in [-0.15, -0.1) is 0 Å². The van der Waals surface area contributed by atoms with Crippen LogP contribution < -0.4 is 16.0 Å². The Morgan fingerprint density at radius 3 is 2.43 bits per heavy atom. The van der Waals surface area contributed by atoms with E-state index in [9.17, 15) is 18.0 Å². The number of carbonyl (C=O) groups excluding carboxylic acids is 1. The lowest BCUT2D eigenvalue weighted by Gasteiger charge is -2.33. The van der Waals surface area contributed by atoms with Crippen LogP contribution in [0, 0.1) is 35.5 Å². The SMILES string of the molecule is CC(=N)/C(=C\NCC#N)Nc1ncc(C#Cc2cc(C(=O)Nc3ccc(CN4CCN(C)CC4)c(C(F)(F)F)c3)ccc2C)cn1. The van der Waals surface area contributed by atoms with Crippen LogP contribution in [0.4, 0.5) is 24.8 Å². The highest BCUT2D eigenvalue weighted by Gasteiger charge is 2.34. The number of hydrogen-bond acceptors (Lipinski definition) is 9. The van der Waals surface area contributed by atoms with Gasteiger partial charge in [0.1, 0.15) is 6.54 Å². The Morgan fingerprint density at radius 2 is 1.78 bits per heavy atom. The van der Waals surface area contributed by atoms with Gasteiger partial charge in [0, 0.05) is 68.1 Å². The summed E-state index contributed by atoms with van der Waals surface area (Å²) in [6, 6.07) is 10.8. The van der Waals surface area contributed by atoms with Crippen molar-refractivity contribution in [3.63, 3.8) is 0 Å². The zero-order valence-electron chi connectivity index (χ0n) is 25.7. The van der Waals surface area contributed by atoms with Crippen molar-refractivity contribution >= 4 is 23.3 Å². The van der Waals surface area contributed by atoms with Crippen LogP contribution in [0.1, 0.15) is 45.1 Å². The van der Waals surface area contributed by atoms with Gasteiger partial charge in [-0.05, 0) is 56.3 Å². The average Bonchev–Trinajstić information content (AvgIpc) is 3.02. The van der Waals surface area contributed by atoms with Crippen molar-refractivity contribution in [2.24, 2.45) is 0 Å². The number of aromatic nitrogens is 2. The number of benzene rings is 2. The number of nitriles is 1. The number of rotatable bonds is 9. The Kier molecular flexibility index (Phi) is 11.1. The normalized spacial score (nSPS) is 14.1. The van der Waals surface area contributed by atoms with E-state index in [0.717, 1.165) is 24.7 Å². The van der Waals surface area contributed by atoms with Crippen molar-refractivity contribution in [3.8, 4) is 17.9 Å². The third kappa shape index (κ3) is 9.38. The van der Waals surface area contributed by atoms with E-state index >= 15 is 0 Å². The zero-order chi connectivity index (χ0) is 33.3. The molecule has 1 fully saturated rings. The molecule has 0 aliphatic carbocycles. The second kappa shape index (κ2) is 15.2. The summed E-state index contributed by atoms with van der Waals surface area (Å²) in [5, 5.41) is 24.8. The fourth-order valence-electron chi connectivity index (χ4n) is 4.56. The second-order valence-corrected chi connectivity index (χ2v) is 10.8. The van der Waals surface area contributed by atoms with Gasteiger partial charge in [0.05, 0.1) is 28.6 Å². The summed E-state index contributed by atoms with van der Waals surface area (Å²) in [7, 11) is 1.99. The molecule has 1 aliphatic heterocycles. The van der Waals surface area contributed by atoms with Gasteiger partial charge in [-0.1, -0.05) is 24.0 Å². The van der Waals surface area contributed by atoms with Gasteiger partial charge in [0.2, 0.25) is 5.95 Å². The topological polar surface area (TPSA) is 133 Å². The highest BCUT2D eigenvalue weighted by atomic mass is 19.4. The molecule has 10 nitrogen and oxygen atoms in total. The minimum absolute atomic E-state index is 0.0515. The van der Waals surface area contributed by atoms with Crippen molar-refractivity contribution in [2.75, 3.05) is 50.4 Å². The number of halogens is 3. The van der Waals surface area contributed by atoms with E-state index in [-0.39, 0.29) is 41.6 Å². The van der Waals surface area contributed by atoms with Crippen LogP contribution in [0.15, 0.2) is 60.7 Å². The Balaban J connectivity index is 1.46. The minimum Gasteiger partial charge on any atom is -0.377 e. The molecule has 0 unspecified atom stereocenters. The lowest BCUT2D eigenvalue weighted by atomic mass is 10.0. The monoisotopic (exact) mass is 629 g/mol. The maximum absolute atomic E-state index is 14.0. The van der Waals surface area contributed by atoms with Crippen molar-refractivity contribution in [3.05, 3.63) is 94.1 Å². The van der Waals surface area contributed by atoms with E-state index in [4.69, 9.17) is 10.7 Å². The molecule has 0 radical (unpaired) electrons. The van der Waals surface area contributed by atoms with E-state index < -0.39 is 17.6 Å². The number of amides is 1. The van der Waals surface area contributed by atoms with Crippen molar-refractivity contribution in [1.82, 2.24) is 25.1 Å². The highest BCUT2D eigenvalue weighted by Crippen LogP contribution is 2.34. The maximum atomic E-state index is 14.0. The number of alkyl halides is 3. The molecule has 238 valence electrons. The lowest BCUT2D eigenvalue weighted by Crippen LogP contribution is -2.44. The van der Waals surface area contributed by atoms with Crippen LogP contribution >= 0.6 is 0 Å². The minimum atomic E-state index is -4.57. The van der Waals surface area contributed by atoms with Crippen LogP contribution in [0.25, 0.3) is 0 Å². The van der Waals surface area contributed by atoms with E-state index in [1.807, 2.05) is 24.9 Å². The van der Waals surface area contributed by atoms with Gasteiger partial charge >= 0.3 is 6.18 Å². The molecule has 0 saturated carbocycles. The summed E-state index contributed by atoms with van der Waals surface area (Å²) in [5.74, 6) is 5.64. The lowest BCUT2D eigenvalue weighted by molar-refractivity contribution is -0.138. The average molecular weight is 630 g/mol. The number of piperazine rings is 1. The molecular formula is C33H34F3N9O. The molecule has 2 heterocycles. The largest absolute Gasteiger partial charge is 0.416 e. The summed E-state index contributed by atoms with van der Waals surface area (Å²) in [6.07, 6.45) is -0.0756. The van der Waals surface area contributed by atoms with E-state index in [1.54, 1.807) is 25.1 Å². The summed E-state index contributed by atoms with van der Waals surface area (Å²) in [5.41, 5.74) is 2.17. The predicted molar refractivity (Wildman–Crippen MR) is 170 cm³/mol. The van der Waals surface area contributed by atoms with Crippen molar-refractivity contribution in [1.29, 1.82) is 10.7 Å². The van der Waals surface area contributed by atoms with Crippen LogP contribution in [0.2, 0.25) is 0 Å². The predicted octanol–water partition coefficient (Wildman–Crippen LogP) is 4.61. The number of hydrogen-bond donors (Lipinski definition) is 4. The smallest absolute Gasteiger partial charge is 0.377 e. The number of carbonyl (C=O) groups is 1. The number of nitrogens with zero attached hydrogens (tertiary/aromatic N) is 5. The molecule has 1 amide bonds. The second-order valence-electron chi connectivity index (χ2n) is 10.8. The molecule has 46 heavy (non-hydrogen) atoms. The Labute approximate surface area is 265 Å². The molecule has 4 N–H and O–H groups in total. The van der Waals surface area contributed by atoms with Crippen LogP contribution in [0.5, 0.6) is 0 Å². The number of nitrogens with one attached hydrogen (secondary N) is 4. The van der Waals surface area contributed by atoms with Gasteiger partial charge in [0.15, 0.2) is 0 Å². The van der Waals surface area contributed by atoms with Crippen molar-refractivity contribution < 1.29 is 18.0 Å². The molecule has 0 bridgehead atoms. The Morgan fingerprint density at radius 1 is 1.07 bits per heavy atom. The van der Waals surface area contributed by atoms with Crippen LogP contribution in [-0.4, -0.2) is 71.2 Å². The summed E-state index contributed by atoms with van der Waals surface area (Å²) >= 11 is 0. The van der Waals surface area contributed by atoms with Gasteiger partial charge in [0.25, 0.3) is 5.91 Å². The third-order valence-electron chi connectivity index (χ3n) is 7.23. The number of anilines is 2. The Bertz CT molecular complexity index is 1710. The first kappa shape index (κ1) is 33.6. The van der Waals surface area contributed by atoms with Gasteiger partial charge in [-0.25, -0.2) is 9.97 Å². The molecule has 0 atom stereocenters. The first-order chi connectivity index (χ1) is 21.9. The third-order valence-corrected chi connectivity index (χ3v) is 7.23. The summed E-state index contributed by atoms with van der Waals surface area (Å²) in [6.45, 7) is 6.64. The van der Waals surface area contributed by atoms with Crippen LogP contribution in [0.3, 0.4) is 0 Å². The zero-order valence-corrected chi connectivity index (χ0v) is 25.7. The van der Waals surface area contributed by atoms with Gasteiger partial charge < -0.3 is 26.3 Å². The first-order valence-electron chi connectivity index (χ1n) is 14.4. The van der Waals surface area contributed by atoms with Gasteiger partial charge in [-0.2, -0.15) is 18.4 Å². The fourth-order valence-corrected chi connectivity index (χ4v) is 4.56. The molecule has 2 aromatic carbocycles. The number of likely N-dealkylation sites (N-methyl/N-ethyl adjacent to an activating group) is 1. The Hall–Kier alpha value is -5.24. The van der Waals surface area contributed by atoms with E-state index in [2.05, 4.69) is 42.7 Å². The highest BCUT2D eigenvalue weighted by molar-refractivity contribution is 6.04. The molecule has 3 aromatic rings. The summed E-state index contributed by atoms with van der Waals surface area (Å²) in [4.78, 5) is 25.7. The molecule has 1 aliphatic rings. The van der Waals surface area contributed by atoms with E-state index in [0.29, 0.717) is 29.9 Å². The quantitative estimate of drug-likeness (QED) is 0.117. The molecule has 1 aromatic heterocycles. The first-order valence-corrected chi connectivity index (χ1v) is 14.4. The number of aryl methyl sites for hydroxylation is 1. The molecule has 13 heteroatoms. The van der Waals surface area contributed by atoms with E-state index in [1.165, 1.54) is 30.7 Å². The maximum Gasteiger partial charge on any atom is 0.416 e. The molecule has 0 spiro atoms. The molecule has 4 rings (SSSR count). The standard InChI is InChI=1S/C33H34F3N9O/c1-22-4-6-26(16-25(22)7-5-24-18-40-32(41-19-24)43-30(23(2)38)20-39-11-10-37)31(46)42-28-9-8-27(29(17-28)33(34,35)36)21-45-14-12-44(3)13-15-45/h4,6,8-9,16-20,38-39H,11-15,21H2,1-3H3,(H,42,46)(H,40,41,43)/b30-20+,38-23?. The molecular weight excluding hydrogens is 595 g/mol. The molecule has 1 saturated heterocycles.